The lowest BCUT2D eigenvalue weighted by Gasteiger charge is -2.12. The molecule has 0 aliphatic carbocycles. The van der Waals surface area contributed by atoms with Crippen molar-refractivity contribution >= 4 is 11.4 Å². The van der Waals surface area contributed by atoms with E-state index < -0.39 is 5.82 Å². The van der Waals surface area contributed by atoms with Gasteiger partial charge in [-0.3, -0.25) is 0 Å². The zero-order chi connectivity index (χ0) is 14.4. The first-order valence-electron chi connectivity index (χ1n) is 6.64. The molecule has 108 valence electrons. The summed E-state index contributed by atoms with van der Waals surface area (Å²) >= 11 is 0. The molecule has 2 aromatic rings. The molecule has 1 aromatic carbocycles. The minimum absolute atomic E-state index is 0.224. The molecule has 20 heavy (non-hydrogen) atoms. The molecule has 4 N–H and O–H groups in total. The summed E-state index contributed by atoms with van der Waals surface area (Å²) in [4.78, 5) is 7.15. The van der Waals surface area contributed by atoms with Crippen LogP contribution in [-0.4, -0.2) is 23.1 Å². The van der Waals surface area contributed by atoms with Crippen molar-refractivity contribution < 1.29 is 9.13 Å². The largest absolute Gasteiger partial charge is 0.490 e. The first kappa shape index (κ1) is 14.2. The van der Waals surface area contributed by atoms with Gasteiger partial charge in [0.1, 0.15) is 5.82 Å². The Labute approximate surface area is 117 Å². The molecule has 0 amide bonds. The molecule has 0 radical (unpaired) electrons. The third-order valence-corrected chi connectivity index (χ3v) is 2.80. The number of aromatic nitrogens is 2. The zero-order valence-electron chi connectivity index (χ0n) is 11.4. The maximum absolute atomic E-state index is 13.7. The third kappa shape index (κ3) is 3.63. The Morgan fingerprint density at radius 2 is 2.30 bits per heavy atom. The van der Waals surface area contributed by atoms with Gasteiger partial charge in [0.15, 0.2) is 11.6 Å². The minimum atomic E-state index is -0.437. The summed E-state index contributed by atoms with van der Waals surface area (Å²) in [5, 5.41) is 3.16. The second-order valence-electron chi connectivity index (χ2n) is 4.43. The summed E-state index contributed by atoms with van der Waals surface area (Å²) in [5.41, 5.74) is 6.83. The second-order valence-corrected chi connectivity index (χ2v) is 4.43. The van der Waals surface area contributed by atoms with Gasteiger partial charge >= 0.3 is 0 Å². The third-order valence-electron chi connectivity index (χ3n) is 2.80. The number of nitrogens with zero attached hydrogens (tertiary/aromatic N) is 1. The number of halogens is 1. The predicted molar refractivity (Wildman–Crippen MR) is 77.4 cm³/mol. The van der Waals surface area contributed by atoms with Gasteiger partial charge < -0.3 is 20.8 Å². The fraction of sp³-hybridized carbons (Fsp3) is 0.357. The molecular weight excluding hydrogens is 259 g/mol. The van der Waals surface area contributed by atoms with Crippen LogP contribution in [0.5, 0.6) is 5.75 Å². The normalized spacial score (nSPS) is 10.5. The molecular formula is C14H19FN4O. The van der Waals surface area contributed by atoms with E-state index in [0.717, 1.165) is 18.7 Å². The van der Waals surface area contributed by atoms with E-state index in [1.807, 2.05) is 6.92 Å². The van der Waals surface area contributed by atoms with Gasteiger partial charge in [0.25, 0.3) is 0 Å². The molecule has 0 aliphatic heterocycles. The average Bonchev–Trinajstić information content (AvgIpc) is 2.93. The van der Waals surface area contributed by atoms with E-state index in [9.17, 15) is 4.39 Å². The van der Waals surface area contributed by atoms with Crippen molar-refractivity contribution in [3.8, 4) is 5.75 Å². The number of anilines is 2. The van der Waals surface area contributed by atoms with Crippen LogP contribution in [0.1, 0.15) is 19.2 Å². The number of rotatable bonds is 7. The van der Waals surface area contributed by atoms with E-state index in [-0.39, 0.29) is 5.75 Å². The van der Waals surface area contributed by atoms with Crippen molar-refractivity contribution in [1.82, 2.24) is 9.97 Å². The molecule has 2 rings (SSSR count). The number of nitrogens with two attached hydrogens (primary N) is 1. The van der Waals surface area contributed by atoms with E-state index >= 15 is 0 Å². The fourth-order valence-electron chi connectivity index (χ4n) is 1.79. The molecule has 0 bridgehead atoms. The van der Waals surface area contributed by atoms with Gasteiger partial charge in [0, 0.05) is 37.5 Å². The number of nitrogens with one attached hydrogen (secondary N) is 2. The van der Waals surface area contributed by atoms with Crippen LogP contribution in [0.2, 0.25) is 0 Å². The van der Waals surface area contributed by atoms with Crippen LogP contribution in [0.4, 0.5) is 15.8 Å². The quantitative estimate of drug-likeness (QED) is 0.680. The van der Waals surface area contributed by atoms with Gasteiger partial charge in [-0.25, -0.2) is 9.37 Å². The van der Waals surface area contributed by atoms with Crippen LogP contribution in [0, 0.1) is 5.82 Å². The van der Waals surface area contributed by atoms with Gasteiger partial charge in [-0.15, -0.1) is 0 Å². The lowest BCUT2D eigenvalue weighted by Crippen LogP contribution is -2.09. The molecule has 0 atom stereocenters. The number of nitrogen functional groups attached to an aromatic ring is 1. The highest BCUT2D eigenvalue weighted by molar-refractivity contribution is 5.68. The van der Waals surface area contributed by atoms with Crippen LogP contribution in [-0.2, 0) is 6.42 Å². The molecule has 0 spiro atoms. The summed E-state index contributed by atoms with van der Waals surface area (Å²) in [6.07, 6.45) is 5.04. The number of aromatic amines is 1. The maximum Gasteiger partial charge on any atom is 0.167 e. The van der Waals surface area contributed by atoms with Crippen LogP contribution in [0.3, 0.4) is 0 Å². The Balaban J connectivity index is 1.99. The SMILES string of the molecule is CCCOc1cc(NCCc2ncc[nH]2)c(N)cc1F. The molecule has 5 nitrogen and oxygen atoms in total. The van der Waals surface area contributed by atoms with Gasteiger partial charge in [-0.2, -0.15) is 0 Å². The monoisotopic (exact) mass is 278 g/mol. The van der Waals surface area contributed by atoms with E-state index in [1.165, 1.54) is 6.07 Å². The van der Waals surface area contributed by atoms with Crippen LogP contribution >= 0.6 is 0 Å². The zero-order valence-corrected chi connectivity index (χ0v) is 11.4. The Kier molecular flexibility index (Phi) is 4.81. The van der Waals surface area contributed by atoms with Crippen LogP contribution in [0.15, 0.2) is 24.5 Å². The first-order valence-corrected chi connectivity index (χ1v) is 6.64. The maximum atomic E-state index is 13.7. The number of hydrogen-bond donors (Lipinski definition) is 3. The number of H-pyrrole nitrogens is 1. The number of hydrogen-bond acceptors (Lipinski definition) is 4. The summed E-state index contributed by atoms with van der Waals surface area (Å²) < 4.78 is 19.0. The highest BCUT2D eigenvalue weighted by atomic mass is 19.1. The van der Waals surface area contributed by atoms with Gasteiger partial charge in [0.2, 0.25) is 0 Å². The van der Waals surface area contributed by atoms with Gasteiger partial charge in [0.05, 0.1) is 18.0 Å². The Hall–Kier alpha value is -2.24. The number of imidazole rings is 1. The Morgan fingerprint density at radius 3 is 3.00 bits per heavy atom. The van der Waals surface area contributed by atoms with E-state index in [2.05, 4.69) is 15.3 Å². The second kappa shape index (κ2) is 6.79. The van der Waals surface area contributed by atoms with Crippen molar-refractivity contribution in [2.75, 3.05) is 24.2 Å². The highest BCUT2D eigenvalue weighted by Gasteiger charge is 2.09. The van der Waals surface area contributed by atoms with Gasteiger partial charge in [-0.1, -0.05) is 6.92 Å². The topological polar surface area (TPSA) is 76.0 Å². The average molecular weight is 278 g/mol. The summed E-state index contributed by atoms with van der Waals surface area (Å²) in [6, 6.07) is 2.88. The van der Waals surface area contributed by atoms with Crippen molar-refractivity contribution in [3.63, 3.8) is 0 Å². The highest BCUT2D eigenvalue weighted by Crippen LogP contribution is 2.28. The fourth-order valence-corrected chi connectivity index (χ4v) is 1.79. The molecule has 0 saturated heterocycles. The molecule has 0 fully saturated rings. The van der Waals surface area contributed by atoms with Crippen molar-refractivity contribution in [2.24, 2.45) is 0 Å². The molecule has 0 unspecified atom stereocenters. The van der Waals surface area contributed by atoms with E-state index in [1.54, 1.807) is 18.5 Å². The molecule has 0 aliphatic rings. The standard InChI is InChI=1S/C14H19FN4O/c1-2-7-20-13-9-12(11(16)8-10(13)15)17-4-3-14-18-5-6-19-14/h5-6,8-9,17H,2-4,7,16H2,1H3,(H,18,19). The molecule has 6 heteroatoms. The number of benzene rings is 1. The van der Waals surface area contributed by atoms with Crippen molar-refractivity contribution in [1.29, 1.82) is 0 Å². The first-order chi connectivity index (χ1) is 9.70. The summed E-state index contributed by atoms with van der Waals surface area (Å²) in [6.45, 7) is 3.10. The lowest BCUT2D eigenvalue weighted by molar-refractivity contribution is 0.301. The van der Waals surface area contributed by atoms with E-state index in [4.69, 9.17) is 10.5 Å². The Morgan fingerprint density at radius 1 is 1.45 bits per heavy atom. The molecule has 1 heterocycles. The predicted octanol–water partition coefficient (Wildman–Crippen LogP) is 2.57. The summed E-state index contributed by atoms with van der Waals surface area (Å²) in [7, 11) is 0. The summed E-state index contributed by atoms with van der Waals surface area (Å²) in [5.74, 6) is 0.676. The Bertz CT molecular complexity index is 542. The lowest BCUT2D eigenvalue weighted by atomic mass is 10.2. The number of ether oxygens (including phenoxy) is 1. The minimum Gasteiger partial charge on any atom is -0.490 e. The van der Waals surface area contributed by atoms with Crippen LogP contribution in [0.25, 0.3) is 0 Å². The molecule has 1 aromatic heterocycles. The van der Waals surface area contributed by atoms with Crippen molar-refractivity contribution in [3.05, 3.63) is 36.2 Å². The van der Waals surface area contributed by atoms with Crippen LogP contribution < -0.4 is 15.8 Å². The van der Waals surface area contributed by atoms with Crippen molar-refractivity contribution in [2.45, 2.75) is 19.8 Å². The van der Waals surface area contributed by atoms with Gasteiger partial charge in [-0.05, 0) is 6.42 Å². The van der Waals surface area contributed by atoms with E-state index in [0.29, 0.717) is 24.5 Å². The smallest absolute Gasteiger partial charge is 0.167 e. The molecule has 0 saturated carbocycles.